The van der Waals surface area contributed by atoms with Crippen molar-refractivity contribution in [3.8, 4) is 0 Å². The van der Waals surface area contributed by atoms with Gasteiger partial charge in [-0.15, -0.1) is 0 Å². The predicted molar refractivity (Wildman–Crippen MR) is 46.9 cm³/mol. The molecule has 0 radical (unpaired) electrons. The van der Waals surface area contributed by atoms with Gasteiger partial charge >= 0.3 is 0 Å². The van der Waals surface area contributed by atoms with Crippen LogP contribution in [0.2, 0.25) is 0 Å². The van der Waals surface area contributed by atoms with Crippen molar-refractivity contribution in [3.05, 3.63) is 0 Å². The molecule has 0 aromatic rings. The third kappa shape index (κ3) is 1.27. The molecule has 0 amide bonds. The molecule has 2 fully saturated rings. The van der Waals surface area contributed by atoms with Crippen LogP contribution in [0.4, 0.5) is 0 Å². The Kier molecular flexibility index (Phi) is 1.92. The Hall–Kier alpha value is -0.0800. The summed E-state index contributed by atoms with van der Waals surface area (Å²) in [5, 5.41) is 9.95. The van der Waals surface area contributed by atoms with Gasteiger partial charge in [0, 0.05) is 5.92 Å². The summed E-state index contributed by atoms with van der Waals surface area (Å²) in [6.45, 7) is 4.72. The van der Waals surface area contributed by atoms with Crippen molar-refractivity contribution in [2.24, 2.45) is 11.8 Å². The lowest BCUT2D eigenvalue weighted by atomic mass is 9.75. The predicted octanol–water partition coefficient (Wildman–Crippen LogP) is 1.57. The minimum atomic E-state index is -0.551. The van der Waals surface area contributed by atoms with E-state index in [0.717, 1.165) is 18.8 Å². The van der Waals surface area contributed by atoms with Crippen LogP contribution in [-0.2, 0) is 4.74 Å². The average molecular weight is 170 g/mol. The van der Waals surface area contributed by atoms with Crippen LogP contribution in [0.1, 0.15) is 33.1 Å². The highest BCUT2D eigenvalue weighted by atomic mass is 16.5. The molecule has 1 saturated carbocycles. The second-order valence-corrected chi connectivity index (χ2v) is 4.73. The number of aliphatic hydroxyl groups is 1. The van der Waals surface area contributed by atoms with Gasteiger partial charge in [0.05, 0.1) is 18.3 Å². The minimum absolute atomic E-state index is 0.337. The largest absolute Gasteiger partial charge is 0.387 e. The van der Waals surface area contributed by atoms with Crippen molar-refractivity contribution in [2.45, 2.75) is 44.8 Å². The summed E-state index contributed by atoms with van der Waals surface area (Å²) in [6.07, 6.45) is 3.86. The standard InChI is InChI=1S/C10H18O2/c1-7-3-4-8-9(5-7)12-6-10(8,2)11/h7-9,11H,3-6H2,1-2H3/t7-,8+,9+,10+/m1/s1. The number of rotatable bonds is 0. The fourth-order valence-corrected chi connectivity index (χ4v) is 2.61. The van der Waals surface area contributed by atoms with Gasteiger partial charge in [-0.1, -0.05) is 13.3 Å². The van der Waals surface area contributed by atoms with Gasteiger partial charge in [-0.25, -0.2) is 0 Å². The highest BCUT2D eigenvalue weighted by Gasteiger charge is 2.46. The highest BCUT2D eigenvalue weighted by Crippen LogP contribution is 2.42. The van der Waals surface area contributed by atoms with E-state index in [4.69, 9.17) is 4.74 Å². The molecule has 1 saturated heterocycles. The van der Waals surface area contributed by atoms with E-state index in [1.807, 2.05) is 6.92 Å². The molecule has 0 aromatic heterocycles. The zero-order valence-electron chi connectivity index (χ0n) is 7.92. The molecule has 2 nitrogen and oxygen atoms in total. The SMILES string of the molecule is C[C@@H]1CC[C@H]2[C@H](C1)OC[C@]2(C)O. The Morgan fingerprint density at radius 3 is 2.92 bits per heavy atom. The first kappa shape index (κ1) is 8.52. The minimum Gasteiger partial charge on any atom is -0.387 e. The van der Waals surface area contributed by atoms with Crippen molar-refractivity contribution in [3.63, 3.8) is 0 Å². The van der Waals surface area contributed by atoms with Gasteiger partial charge in [0.2, 0.25) is 0 Å². The molecule has 0 bridgehead atoms. The molecule has 1 N–H and O–H groups in total. The first-order valence-corrected chi connectivity index (χ1v) is 4.93. The normalized spacial score (nSPS) is 53.8. The summed E-state index contributed by atoms with van der Waals surface area (Å²) < 4.78 is 5.59. The van der Waals surface area contributed by atoms with Gasteiger partial charge in [0.15, 0.2) is 0 Å². The second kappa shape index (κ2) is 2.71. The number of hydrogen-bond acceptors (Lipinski definition) is 2. The molecule has 1 aliphatic carbocycles. The summed E-state index contributed by atoms with van der Waals surface area (Å²) in [5.41, 5.74) is -0.551. The summed E-state index contributed by atoms with van der Waals surface area (Å²) in [6, 6.07) is 0. The van der Waals surface area contributed by atoms with E-state index >= 15 is 0 Å². The Balaban J connectivity index is 2.08. The first-order valence-electron chi connectivity index (χ1n) is 4.93. The van der Waals surface area contributed by atoms with Gasteiger partial charge in [-0.3, -0.25) is 0 Å². The van der Waals surface area contributed by atoms with Gasteiger partial charge in [-0.2, -0.15) is 0 Å². The van der Waals surface area contributed by atoms with Crippen LogP contribution in [0.5, 0.6) is 0 Å². The molecule has 1 aliphatic heterocycles. The monoisotopic (exact) mass is 170 g/mol. The third-order valence-electron chi connectivity index (χ3n) is 3.44. The Labute approximate surface area is 73.9 Å². The van der Waals surface area contributed by atoms with Crippen LogP contribution in [0, 0.1) is 11.8 Å². The smallest absolute Gasteiger partial charge is 0.0904 e. The topological polar surface area (TPSA) is 29.5 Å². The summed E-state index contributed by atoms with van der Waals surface area (Å²) in [4.78, 5) is 0. The van der Waals surface area contributed by atoms with Crippen molar-refractivity contribution >= 4 is 0 Å². The molecule has 1 heterocycles. The Morgan fingerprint density at radius 2 is 2.17 bits per heavy atom. The quantitative estimate of drug-likeness (QED) is 0.598. The fourth-order valence-electron chi connectivity index (χ4n) is 2.61. The lowest BCUT2D eigenvalue weighted by molar-refractivity contribution is 0.0127. The van der Waals surface area contributed by atoms with Gasteiger partial charge in [0.1, 0.15) is 0 Å². The van der Waals surface area contributed by atoms with Crippen molar-refractivity contribution in [1.82, 2.24) is 0 Å². The fraction of sp³-hybridized carbons (Fsp3) is 1.00. The molecule has 2 aliphatic rings. The maximum absolute atomic E-state index is 9.95. The summed E-state index contributed by atoms with van der Waals surface area (Å²) in [5.74, 6) is 1.17. The number of ether oxygens (including phenoxy) is 1. The van der Waals surface area contributed by atoms with E-state index in [2.05, 4.69) is 6.92 Å². The van der Waals surface area contributed by atoms with Crippen molar-refractivity contribution in [2.75, 3.05) is 6.61 Å². The molecular formula is C10H18O2. The van der Waals surface area contributed by atoms with Crippen LogP contribution >= 0.6 is 0 Å². The molecule has 0 unspecified atom stereocenters. The third-order valence-corrected chi connectivity index (χ3v) is 3.44. The van der Waals surface area contributed by atoms with Crippen molar-refractivity contribution < 1.29 is 9.84 Å². The average Bonchev–Trinajstić information content (AvgIpc) is 2.27. The molecule has 0 aromatic carbocycles. The summed E-state index contributed by atoms with van der Waals surface area (Å²) in [7, 11) is 0. The maximum atomic E-state index is 9.95. The van der Waals surface area contributed by atoms with Crippen LogP contribution in [-0.4, -0.2) is 23.4 Å². The van der Waals surface area contributed by atoms with E-state index in [0.29, 0.717) is 18.6 Å². The van der Waals surface area contributed by atoms with Gasteiger partial charge in [-0.05, 0) is 25.7 Å². The molecule has 0 spiro atoms. The molecule has 2 heteroatoms. The maximum Gasteiger partial charge on any atom is 0.0904 e. The molecular weight excluding hydrogens is 152 g/mol. The van der Waals surface area contributed by atoms with Crippen molar-refractivity contribution in [1.29, 1.82) is 0 Å². The lowest BCUT2D eigenvalue weighted by Gasteiger charge is -2.33. The first-order chi connectivity index (χ1) is 5.59. The summed E-state index contributed by atoms with van der Waals surface area (Å²) >= 11 is 0. The molecule has 70 valence electrons. The van der Waals surface area contributed by atoms with E-state index in [9.17, 15) is 5.11 Å². The van der Waals surface area contributed by atoms with E-state index in [1.54, 1.807) is 0 Å². The Bertz CT molecular complexity index is 177. The van der Waals surface area contributed by atoms with E-state index in [-0.39, 0.29) is 0 Å². The second-order valence-electron chi connectivity index (χ2n) is 4.73. The van der Waals surface area contributed by atoms with Gasteiger partial charge in [0.25, 0.3) is 0 Å². The molecule has 4 atom stereocenters. The van der Waals surface area contributed by atoms with E-state index < -0.39 is 5.60 Å². The Morgan fingerprint density at radius 1 is 1.42 bits per heavy atom. The molecule has 2 rings (SSSR count). The zero-order chi connectivity index (χ0) is 8.77. The van der Waals surface area contributed by atoms with Crippen LogP contribution in [0.25, 0.3) is 0 Å². The van der Waals surface area contributed by atoms with E-state index in [1.165, 1.54) is 6.42 Å². The highest BCUT2D eigenvalue weighted by molar-refractivity contribution is 4.96. The zero-order valence-corrected chi connectivity index (χ0v) is 7.92. The van der Waals surface area contributed by atoms with Crippen LogP contribution in [0.15, 0.2) is 0 Å². The van der Waals surface area contributed by atoms with Crippen LogP contribution < -0.4 is 0 Å². The van der Waals surface area contributed by atoms with Crippen LogP contribution in [0.3, 0.4) is 0 Å². The van der Waals surface area contributed by atoms with Gasteiger partial charge < -0.3 is 9.84 Å². The number of hydrogen-bond donors (Lipinski definition) is 1. The molecule has 12 heavy (non-hydrogen) atoms. The number of fused-ring (bicyclic) bond motifs is 1. The lowest BCUT2D eigenvalue weighted by Crippen LogP contribution is -2.38.